The number of amides is 1. The van der Waals surface area contributed by atoms with E-state index >= 15 is 0 Å². The highest BCUT2D eigenvalue weighted by atomic mass is 19.1. The first-order valence-electron chi connectivity index (χ1n) is 6.68. The summed E-state index contributed by atoms with van der Waals surface area (Å²) in [6.45, 7) is 4.10. The van der Waals surface area contributed by atoms with E-state index in [9.17, 15) is 9.18 Å². The van der Waals surface area contributed by atoms with E-state index in [1.807, 2.05) is 6.92 Å². The van der Waals surface area contributed by atoms with Gasteiger partial charge in [-0.2, -0.15) is 5.10 Å². The highest BCUT2D eigenvalue weighted by Crippen LogP contribution is 2.16. The van der Waals surface area contributed by atoms with Gasteiger partial charge in [-0.1, -0.05) is 19.1 Å². The summed E-state index contributed by atoms with van der Waals surface area (Å²) in [5, 5.41) is 7.02. The van der Waals surface area contributed by atoms with Gasteiger partial charge in [-0.05, 0) is 31.0 Å². The standard InChI is InChI=1S/C15H18FN3O/c1-3-11(2)19-14(7-8-17-19)18-15(20)10-12-5-4-6-13(16)9-12/h4-9,11H,3,10H2,1-2H3,(H,18,20). The second-order valence-electron chi connectivity index (χ2n) is 4.77. The lowest BCUT2D eigenvalue weighted by Crippen LogP contribution is -2.19. The van der Waals surface area contributed by atoms with Crippen LogP contribution < -0.4 is 5.32 Å². The third-order valence-electron chi connectivity index (χ3n) is 3.20. The molecular weight excluding hydrogens is 257 g/mol. The molecule has 1 amide bonds. The first-order valence-corrected chi connectivity index (χ1v) is 6.68. The number of nitrogens with one attached hydrogen (secondary N) is 1. The Morgan fingerprint density at radius 2 is 2.25 bits per heavy atom. The highest BCUT2D eigenvalue weighted by Gasteiger charge is 2.11. The van der Waals surface area contributed by atoms with E-state index in [1.54, 1.807) is 29.1 Å². The van der Waals surface area contributed by atoms with E-state index < -0.39 is 0 Å². The van der Waals surface area contributed by atoms with Gasteiger partial charge in [-0.25, -0.2) is 9.07 Å². The molecule has 0 aliphatic rings. The van der Waals surface area contributed by atoms with E-state index in [0.29, 0.717) is 11.4 Å². The van der Waals surface area contributed by atoms with Crippen LogP contribution in [-0.4, -0.2) is 15.7 Å². The smallest absolute Gasteiger partial charge is 0.229 e. The predicted molar refractivity (Wildman–Crippen MR) is 76.0 cm³/mol. The van der Waals surface area contributed by atoms with Crippen LogP contribution in [0, 0.1) is 5.82 Å². The Morgan fingerprint density at radius 3 is 2.95 bits per heavy atom. The van der Waals surface area contributed by atoms with Crippen molar-refractivity contribution in [2.75, 3.05) is 5.32 Å². The van der Waals surface area contributed by atoms with Crippen molar-refractivity contribution in [3.05, 3.63) is 47.9 Å². The zero-order valence-corrected chi connectivity index (χ0v) is 11.6. The molecule has 1 N–H and O–H groups in total. The third kappa shape index (κ3) is 3.44. The molecule has 4 nitrogen and oxygen atoms in total. The van der Waals surface area contributed by atoms with Gasteiger partial charge >= 0.3 is 0 Å². The van der Waals surface area contributed by atoms with Gasteiger partial charge in [0.15, 0.2) is 0 Å². The van der Waals surface area contributed by atoms with Crippen LogP contribution >= 0.6 is 0 Å². The van der Waals surface area contributed by atoms with Gasteiger partial charge in [-0.3, -0.25) is 4.79 Å². The van der Waals surface area contributed by atoms with Gasteiger partial charge in [-0.15, -0.1) is 0 Å². The molecule has 0 aliphatic carbocycles. The lowest BCUT2D eigenvalue weighted by Gasteiger charge is -2.14. The van der Waals surface area contributed by atoms with Crippen LogP contribution in [0.15, 0.2) is 36.5 Å². The Hall–Kier alpha value is -2.17. The van der Waals surface area contributed by atoms with E-state index in [0.717, 1.165) is 6.42 Å². The van der Waals surface area contributed by atoms with Gasteiger partial charge in [0.25, 0.3) is 0 Å². The van der Waals surface area contributed by atoms with Crippen molar-refractivity contribution in [2.24, 2.45) is 0 Å². The Kier molecular flexibility index (Phi) is 4.50. The second-order valence-corrected chi connectivity index (χ2v) is 4.77. The van der Waals surface area contributed by atoms with Crippen molar-refractivity contribution in [3.63, 3.8) is 0 Å². The van der Waals surface area contributed by atoms with Crippen molar-refractivity contribution in [1.29, 1.82) is 0 Å². The normalized spacial score (nSPS) is 12.2. The van der Waals surface area contributed by atoms with Crippen LogP contribution in [0.2, 0.25) is 0 Å². The molecule has 0 fully saturated rings. The average molecular weight is 275 g/mol. The van der Waals surface area contributed by atoms with Crippen LogP contribution in [0.1, 0.15) is 31.9 Å². The predicted octanol–water partition coefficient (Wildman–Crippen LogP) is 3.17. The van der Waals surface area contributed by atoms with Crippen LogP contribution in [0.5, 0.6) is 0 Å². The molecule has 2 rings (SSSR count). The topological polar surface area (TPSA) is 46.9 Å². The lowest BCUT2D eigenvalue weighted by atomic mass is 10.1. The number of benzene rings is 1. The summed E-state index contributed by atoms with van der Waals surface area (Å²) in [6, 6.07) is 8.03. The van der Waals surface area contributed by atoms with Crippen molar-refractivity contribution in [3.8, 4) is 0 Å². The first-order chi connectivity index (χ1) is 9.60. The van der Waals surface area contributed by atoms with Crippen molar-refractivity contribution in [2.45, 2.75) is 32.7 Å². The van der Waals surface area contributed by atoms with Crippen LogP contribution in [-0.2, 0) is 11.2 Å². The molecule has 1 heterocycles. The number of hydrogen-bond donors (Lipinski definition) is 1. The lowest BCUT2D eigenvalue weighted by molar-refractivity contribution is -0.115. The van der Waals surface area contributed by atoms with Gasteiger partial charge in [0.05, 0.1) is 18.7 Å². The number of aromatic nitrogens is 2. The maximum absolute atomic E-state index is 13.1. The third-order valence-corrected chi connectivity index (χ3v) is 3.20. The maximum Gasteiger partial charge on any atom is 0.229 e. The van der Waals surface area contributed by atoms with Crippen molar-refractivity contribution < 1.29 is 9.18 Å². The number of nitrogens with zero attached hydrogens (tertiary/aromatic N) is 2. The number of halogens is 1. The molecule has 0 saturated carbocycles. The zero-order valence-electron chi connectivity index (χ0n) is 11.6. The fourth-order valence-electron chi connectivity index (χ4n) is 1.96. The SMILES string of the molecule is CCC(C)n1nccc1NC(=O)Cc1cccc(F)c1. The molecular formula is C15H18FN3O. The molecule has 2 aromatic rings. The maximum atomic E-state index is 13.1. The molecule has 1 aromatic heterocycles. The van der Waals surface area contributed by atoms with Gasteiger partial charge in [0.1, 0.15) is 11.6 Å². The molecule has 1 unspecified atom stereocenters. The minimum absolute atomic E-state index is 0.142. The van der Waals surface area contributed by atoms with Crippen molar-refractivity contribution >= 4 is 11.7 Å². The molecule has 20 heavy (non-hydrogen) atoms. The summed E-state index contributed by atoms with van der Waals surface area (Å²) >= 11 is 0. The van der Waals surface area contributed by atoms with E-state index in [2.05, 4.69) is 17.3 Å². The van der Waals surface area contributed by atoms with Crippen molar-refractivity contribution in [1.82, 2.24) is 9.78 Å². The molecule has 5 heteroatoms. The molecule has 1 atom stereocenters. The Bertz CT molecular complexity index is 594. The zero-order chi connectivity index (χ0) is 14.5. The van der Waals surface area contributed by atoms with E-state index in [4.69, 9.17) is 0 Å². The van der Waals surface area contributed by atoms with Crippen LogP contribution in [0.3, 0.4) is 0 Å². The van der Waals surface area contributed by atoms with Gasteiger partial charge < -0.3 is 5.32 Å². The Morgan fingerprint density at radius 1 is 1.45 bits per heavy atom. The first kappa shape index (κ1) is 14.2. The summed E-state index contributed by atoms with van der Waals surface area (Å²) < 4.78 is 14.8. The number of anilines is 1. The minimum atomic E-state index is -0.333. The number of carbonyl (C=O) groups excluding carboxylic acids is 1. The molecule has 0 aliphatic heterocycles. The van der Waals surface area contributed by atoms with Gasteiger partial charge in [0, 0.05) is 6.07 Å². The second kappa shape index (κ2) is 6.32. The molecule has 0 bridgehead atoms. The average Bonchev–Trinajstić information content (AvgIpc) is 2.85. The monoisotopic (exact) mass is 275 g/mol. The fraction of sp³-hybridized carbons (Fsp3) is 0.333. The quantitative estimate of drug-likeness (QED) is 0.911. The number of rotatable bonds is 5. The molecule has 0 radical (unpaired) electrons. The fourth-order valence-corrected chi connectivity index (χ4v) is 1.96. The molecule has 0 saturated heterocycles. The number of carbonyl (C=O) groups is 1. The van der Waals surface area contributed by atoms with Gasteiger partial charge in [0.2, 0.25) is 5.91 Å². The summed E-state index contributed by atoms with van der Waals surface area (Å²) in [5.41, 5.74) is 0.650. The van der Waals surface area contributed by atoms with E-state index in [-0.39, 0.29) is 24.2 Å². The molecule has 106 valence electrons. The van der Waals surface area contributed by atoms with Crippen LogP contribution in [0.4, 0.5) is 10.2 Å². The molecule has 1 aromatic carbocycles. The van der Waals surface area contributed by atoms with Crippen LogP contribution in [0.25, 0.3) is 0 Å². The largest absolute Gasteiger partial charge is 0.311 e. The van der Waals surface area contributed by atoms with E-state index in [1.165, 1.54) is 12.1 Å². The Labute approximate surface area is 117 Å². The minimum Gasteiger partial charge on any atom is -0.311 e. The summed E-state index contributed by atoms with van der Waals surface area (Å²) in [5.74, 6) is 0.154. The highest BCUT2D eigenvalue weighted by molar-refractivity contribution is 5.91. The Balaban J connectivity index is 2.03. The number of hydrogen-bond acceptors (Lipinski definition) is 2. The summed E-state index contributed by atoms with van der Waals surface area (Å²) in [4.78, 5) is 12.0. The summed E-state index contributed by atoms with van der Waals surface area (Å²) in [6.07, 6.45) is 2.72. The molecule has 0 spiro atoms. The summed E-state index contributed by atoms with van der Waals surface area (Å²) in [7, 11) is 0.